The molecule has 1 aromatic heterocycles. The number of pyridine rings is 1. The highest BCUT2D eigenvalue weighted by Crippen LogP contribution is 2.43. The Morgan fingerprint density at radius 2 is 2.10 bits per heavy atom. The summed E-state index contributed by atoms with van der Waals surface area (Å²) in [7, 11) is 1.60. The normalized spacial score (nSPS) is 18.6. The van der Waals surface area contributed by atoms with Gasteiger partial charge in [-0.2, -0.15) is 0 Å². The predicted molar refractivity (Wildman–Crippen MR) is 118 cm³/mol. The molecule has 2 aliphatic rings. The summed E-state index contributed by atoms with van der Waals surface area (Å²) >= 11 is 3.35. The number of carbonyl (C=O) groups is 2. The molecule has 154 valence electrons. The molecule has 2 aromatic rings. The standard InChI is InChI=1S/C23H22BrN3O3/c1-13-20(23(29)27-19-10-9-15(24)12-25-19)21(14-5-3-6-16(11-14)30-2)22-17(26-13)7-4-8-18(22)28/h3,5-6,9-12,21,26H,4,7-8H2,1-2H3,(H,25,27,29)/t21-/m1/s1. The second-order valence-electron chi connectivity index (χ2n) is 7.36. The third kappa shape index (κ3) is 3.89. The van der Waals surface area contributed by atoms with E-state index in [4.69, 9.17) is 4.74 Å². The predicted octanol–water partition coefficient (Wildman–Crippen LogP) is 4.46. The van der Waals surface area contributed by atoms with Crippen molar-refractivity contribution in [3.8, 4) is 5.75 Å². The maximum Gasteiger partial charge on any atom is 0.255 e. The first-order valence-electron chi connectivity index (χ1n) is 9.79. The SMILES string of the molecule is COc1cccc([C@@H]2C(C(=O)Nc3ccc(Br)cn3)=C(C)NC3=C2C(=O)CCC3)c1. The quantitative estimate of drug-likeness (QED) is 0.693. The Morgan fingerprint density at radius 3 is 2.83 bits per heavy atom. The lowest BCUT2D eigenvalue weighted by Crippen LogP contribution is -2.35. The molecule has 0 fully saturated rings. The Bertz CT molecular complexity index is 1070. The van der Waals surface area contributed by atoms with E-state index >= 15 is 0 Å². The number of aromatic nitrogens is 1. The van der Waals surface area contributed by atoms with Gasteiger partial charge in [-0.05, 0) is 65.5 Å². The van der Waals surface area contributed by atoms with E-state index in [1.54, 1.807) is 19.4 Å². The molecule has 0 radical (unpaired) electrons. The maximum absolute atomic E-state index is 13.4. The third-order valence-electron chi connectivity index (χ3n) is 5.42. The molecule has 0 spiro atoms. The van der Waals surface area contributed by atoms with E-state index in [1.165, 1.54) is 0 Å². The number of amides is 1. The van der Waals surface area contributed by atoms with Crippen molar-refractivity contribution in [3.63, 3.8) is 0 Å². The van der Waals surface area contributed by atoms with Gasteiger partial charge in [-0.1, -0.05) is 12.1 Å². The lowest BCUT2D eigenvalue weighted by Gasteiger charge is -2.34. The summed E-state index contributed by atoms with van der Waals surface area (Å²) < 4.78 is 6.22. The van der Waals surface area contributed by atoms with E-state index in [0.29, 0.717) is 29.1 Å². The minimum atomic E-state index is -0.459. The fraction of sp³-hybridized carbons (Fsp3) is 0.261. The molecule has 1 amide bonds. The van der Waals surface area contributed by atoms with Gasteiger partial charge in [0.2, 0.25) is 0 Å². The molecular weight excluding hydrogens is 446 g/mol. The van der Waals surface area contributed by atoms with Gasteiger partial charge in [0.1, 0.15) is 11.6 Å². The topological polar surface area (TPSA) is 80.3 Å². The smallest absolute Gasteiger partial charge is 0.255 e. The Morgan fingerprint density at radius 1 is 1.27 bits per heavy atom. The Hall–Kier alpha value is -2.93. The summed E-state index contributed by atoms with van der Waals surface area (Å²) in [5.41, 5.74) is 3.70. The zero-order valence-electron chi connectivity index (χ0n) is 16.8. The van der Waals surface area contributed by atoms with Crippen LogP contribution in [0.1, 0.15) is 37.7 Å². The van der Waals surface area contributed by atoms with Crippen LogP contribution in [-0.2, 0) is 9.59 Å². The lowest BCUT2D eigenvalue weighted by atomic mass is 9.75. The second kappa shape index (κ2) is 8.44. The molecule has 1 aliphatic heterocycles. The van der Waals surface area contributed by atoms with Gasteiger partial charge in [0.05, 0.1) is 7.11 Å². The molecule has 2 heterocycles. The zero-order valence-corrected chi connectivity index (χ0v) is 18.4. The Kier molecular flexibility index (Phi) is 5.72. The molecule has 0 saturated carbocycles. The number of allylic oxidation sites excluding steroid dienone is 3. The van der Waals surface area contributed by atoms with Crippen LogP contribution in [0.3, 0.4) is 0 Å². The van der Waals surface area contributed by atoms with E-state index in [-0.39, 0.29) is 11.7 Å². The van der Waals surface area contributed by atoms with E-state index in [9.17, 15) is 9.59 Å². The van der Waals surface area contributed by atoms with E-state index in [0.717, 1.165) is 34.3 Å². The van der Waals surface area contributed by atoms with Gasteiger partial charge in [0.25, 0.3) is 5.91 Å². The number of ketones is 1. The van der Waals surface area contributed by atoms with Crippen LogP contribution in [0.4, 0.5) is 5.82 Å². The zero-order chi connectivity index (χ0) is 21.3. The molecule has 1 aliphatic carbocycles. The number of rotatable bonds is 4. The highest BCUT2D eigenvalue weighted by molar-refractivity contribution is 9.10. The summed E-state index contributed by atoms with van der Waals surface area (Å²) in [5, 5.41) is 6.20. The van der Waals surface area contributed by atoms with Gasteiger partial charge in [-0.25, -0.2) is 4.98 Å². The van der Waals surface area contributed by atoms with E-state index in [2.05, 4.69) is 31.5 Å². The molecule has 0 bridgehead atoms. The van der Waals surface area contributed by atoms with Crippen LogP contribution in [0.15, 0.2) is 69.6 Å². The van der Waals surface area contributed by atoms with Crippen LogP contribution >= 0.6 is 15.9 Å². The number of methoxy groups -OCH3 is 1. The first-order valence-corrected chi connectivity index (χ1v) is 10.6. The molecule has 0 unspecified atom stereocenters. The molecule has 0 saturated heterocycles. The number of nitrogens with one attached hydrogen (secondary N) is 2. The maximum atomic E-state index is 13.4. The minimum Gasteiger partial charge on any atom is -0.497 e. The van der Waals surface area contributed by atoms with E-state index < -0.39 is 5.92 Å². The molecule has 1 atom stereocenters. The monoisotopic (exact) mass is 467 g/mol. The molecule has 2 N–H and O–H groups in total. The second-order valence-corrected chi connectivity index (χ2v) is 8.27. The van der Waals surface area contributed by atoms with Crippen molar-refractivity contribution in [1.29, 1.82) is 0 Å². The third-order valence-corrected chi connectivity index (χ3v) is 5.89. The first kappa shape index (κ1) is 20.3. The van der Waals surface area contributed by atoms with Crippen molar-refractivity contribution in [2.24, 2.45) is 0 Å². The summed E-state index contributed by atoms with van der Waals surface area (Å²) in [6.07, 6.45) is 3.72. The highest BCUT2D eigenvalue weighted by Gasteiger charge is 2.38. The van der Waals surface area contributed by atoms with E-state index in [1.807, 2.05) is 37.3 Å². The van der Waals surface area contributed by atoms with Gasteiger partial charge in [0, 0.05) is 45.5 Å². The van der Waals surface area contributed by atoms with Gasteiger partial charge >= 0.3 is 0 Å². The fourth-order valence-electron chi connectivity index (χ4n) is 4.07. The van der Waals surface area contributed by atoms with Crippen LogP contribution < -0.4 is 15.4 Å². The molecule has 1 aromatic carbocycles. The number of carbonyl (C=O) groups excluding carboxylic acids is 2. The summed E-state index contributed by atoms with van der Waals surface area (Å²) in [6, 6.07) is 11.1. The molecule has 7 heteroatoms. The average Bonchev–Trinajstić information content (AvgIpc) is 2.74. The number of Topliss-reactive ketones (excluding diaryl/α,β-unsaturated/α-hetero) is 1. The molecule has 6 nitrogen and oxygen atoms in total. The molecule has 4 rings (SSSR count). The first-order chi connectivity index (χ1) is 14.5. The number of halogens is 1. The van der Waals surface area contributed by atoms with Crippen molar-refractivity contribution >= 4 is 33.4 Å². The number of ether oxygens (including phenoxy) is 1. The molecular formula is C23H22BrN3O3. The lowest BCUT2D eigenvalue weighted by molar-refractivity contribution is -0.116. The summed E-state index contributed by atoms with van der Waals surface area (Å²) in [6.45, 7) is 1.87. The van der Waals surface area contributed by atoms with Crippen molar-refractivity contribution < 1.29 is 14.3 Å². The number of nitrogens with zero attached hydrogens (tertiary/aromatic N) is 1. The number of benzene rings is 1. The summed E-state index contributed by atoms with van der Waals surface area (Å²) in [5.74, 6) is 0.467. The largest absolute Gasteiger partial charge is 0.497 e. The van der Waals surface area contributed by atoms with Crippen LogP contribution in [0, 0.1) is 0 Å². The fourth-order valence-corrected chi connectivity index (χ4v) is 4.31. The Balaban J connectivity index is 1.79. The average molecular weight is 468 g/mol. The van der Waals surface area contributed by atoms with Crippen molar-refractivity contribution in [2.75, 3.05) is 12.4 Å². The van der Waals surface area contributed by atoms with Crippen LogP contribution in [0.25, 0.3) is 0 Å². The minimum absolute atomic E-state index is 0.0798. The van der Waals surface area contributed by atoms with Crippen molar-refractivity contribution in [2.45, 2.75) is 32.1 Å². The van der Waals surface area contributed by atoms with Crippen LogP contribution in [-0.4, -0.2) is 23.8 Å². The van der Waals surface area contributed by atoms with Gasteiger partial charge in [0.15, 0.2) is 5.78 Å². The van der Waals surface area contributed by atoms with Gasteiger partial charge < -0.3 is 15.4 Å². The van der Waals surface area contributed by atoms with Gasteiger partial charge in [-0.3, -0.25) is 9.59 Å². The number of dihydropyridines is 1. The van der Waals surface area contributed by atoms with Crippen LogP contribution in [0.2, 0.25) is 0 Å². The number of anilines is 1. The summed E-state index contributed by atoms with van der Waals surface area (Å²) in [4.78, 5) is 30.5. The van der Waals surface area contributed by atoms with Crippen molar-refractivity contribution in [3.05, 3.63) is 75.2 Å². The highest BCUT2D eigenvalue weighted by atomic mass is 79.9. The number of hydrogen-bond donors (Lipinski definition) is 2. The Labute approximate surface area is 183 Å². The van der Waals surface area contributed by atoms with Crippen molar-refractivity contribution in [1.82, 2.24) is 10.3 Å². The molecule has 30 heavy (non-hydrogen) atoms. The van der Waals surface area contributed by atoms with Gasteiger partial charge in [-0.15, -0.1) is 0 Å². The van der Waals surface area contributed by atoms with Crippen LogP contribution in [0.5, 0.6) is 5.75 Å². The number of hydrogen-bond acceptors (Lipinski definition) is 5.